The van der Waals surface area contributed by atoms with Crippen LogP contribution in [0.2, 0.25) is 0 Å². The molecule has 1 fully saturated rings. The predicted octanol–water partition coefficient (Wildman–Crippen LogP) is 0.0886. The number of hydrogen-bond acceptors (Lipinski definition) is 4. The van der Waals surface area contributed by atoms with E-state index in [1.165, 1.54) is 0 Å². The summed E-state index contributed by atoms with van der Waals surface area (Å²) >= 11 is 0. The van der Waals surface area contributed by atoms with Crippen LogP contribution in [0.4, 0.5) is 0 Å². The van der Waals surface area contributed by atoms with E-state index in [4.69, 9.17) is 5.26 Å². The van der Waals surface area contributed by atoms with Gasteiger partial charge in [0.1, 0.15) is 0 Å². The van der Waals surface area contributed by atoms with Crippen LogP contribution in [0.25, 0.3) is 0 Å². The van der Waals surface area contributed by atoms with Crippen molar-refractivity contribution in [1.29, 1.82) is 5.26 Å². The van der Waals surface area contributed by atoms with Gasteiger partial charge in [0.15, 0.2) is 0 Å². The molecule has 1 heterocycles. The van der Waals surface area contributed by atoms with Crippen LogP contribution in [0.3, 0.4) is 0 Å². The molecule has 96 valence electrons. The Kier molecular flexibility index (Phi) is 5.95. The Bertz CT molecular complexity index is 287. The molecule has 2 atom stereocenters. The molecule has 0 radical (unpaired) electrons. The van der Waals surface area contributed by atoms with Crippen LogP contribution < -0.4 is 10.6 Å². The van der Waals surface area contributed by atoms with Crippen molar-refractivity contribution in [3.05, 3.63) is 0 Å². The molecule has 0 saturated carbocycles. The Morgan fingerprint density at radius 1 is 1.59 bits per heavy atom. The summed E-state index contributed by atoms with van der Waals surface area (Å²) in [6.07, 6.45) is 2.55. The molecule has 1 rings (SSSR count). The number of rotatable bonds is 5. The van der Waals surface area contributed by atoms with E-state index in [1.54, 1.807) is 0 Å². The number of carbonyl (C=O) groups excluding carboxylic acids is 1. The van der Waals surface area contributed by atoms with E-state index in [2.05, 4.69) is 29.5 Å². The van der Waals surface area contributed by atoms with E-state index in [0.717, 1.165) is 19.4 Å². The number of likely N-dealkylation sites (tertiary alicyclic amines) is 1. The molecule has 0 aliphatic carbocycles. The van der Waals surface area contributed by atoms with E-state index < -0.39 is 0 Å². The molecule has 0 aromatic carbocycles. The minimum absolute atomic E-state index is 0.0215. The molecule has 0 spiro atoms. The molecule has 1 amide bonds. The molecule has 1 aliphatic rings. The van der Waals surface area contributed by atoms with Crippen LogP contribution in [-0.2, 0) is 4.79 Å². The smallest absolute Gasteiger partial charge is 0.233 e. The van der Waals surface area contributed by atoms with Crippen molar-refractivity contribution >= 4 is 5.91 Å². The number of carbonyl (C=O) groups is 1. The van der Waals surface area contributed by atoms with Gasteiger partial charge in [-0.05, 0) is 33.4 Å². The molecule has 1 aliphatic heterocycles. The first-order chi connectivity index (χ1) is 8.13. The van der Waals surface area contributed by atoms with Crippen LogP contribution in [0.5, 0.6) is 0 Å². The zero-order valence-electron chi connectivity index (χ0n) is 10.7. The molecule has 5 nitrogen and oxygen atoms in total. The Labute approximate surface area is 103 Å². The fraction of sp³-hybridized carbons (Fsp3) is 0.833. The third-order valence-electron chi connectivity index (χ3n) is 3.32. The SMILES string of the molecule is CC1CC(NCC(=O)NCCC#N)CCN1C. The maximum absolute atomic E-state index is 11.4. The molecule has 0 aromatic heterocycles. The van der Waals surface area contributed by atoms with Crippen LogP contribution >= 0.6 is 0 Å². The lowest BCUT2D eigenvalue weighted by atomic mass is 9.99. The van der Waals surface area contributed by atoms with Crippen molar-refractivity contribution in [3.8, 4) is 6.07 Å². The summed E-state index contributed by atoms with van der Waals surface area (Å²) in [6.45, 7) is 4.09. The van der Waals surface area contributed by atoms with E-state index in [0.29, 0.717) is 31.6 Å². The quantitative estimate of drug-likeness (QED) is 0.666. The van der Waals surface area contributed by atoms with Crippen LogP contribution in [0.15, 0.2) is 0 Å². The van der Waals surface area contributed by atoms with Gasteiger partial charge in [-0.25, -0.2) is 0 Å². The van der Waals surface area contributed by atoms with E-state index in [-0.39, 0.29) is 5.91 Å². The highest BCUT2D eigenvalue weighted by molar-refractivity contribution is 5.77. The summed E-state index contributed by atoms with van der Waals surface area (Å²) in [5.74, 6) is -0.0215. The summed E-state index contributed by atoms with van der Waals surface area (Å²) in [5.41, 5.74) is 0. The molecule has 2 unspecified atom stereocenters. The van der Waals surface area contributed by atoms with Gasteiger partial charge >= 0.3 is 0 Å². The van der Waals surface area contributed by atoms with Gasteiger partial charge in [0.05, 0.1) is 19.0 Å². The molecule has 17 heavy (non-hydrogen) atoms. The van der Waals surface area contributed by atoms with Crippen molar-refractivity contribution in [1.82, 2.24) is 15.5 Å². The maximum atomic E-state index is 11.4. The van der Waals surface area contributed by atoms with Crippen molar-refractivity contribution in [2.45, 2.75) is 38.3 Å². The second-order valence-corrected chi connectivity index (χ2v) is 4.69. The summed E-state index contributed by atoms with van der Waals surface area (Å²) in [6, 6.07) is 3.00. The molecule has 1 saturated heterocycles. The summed E-state index contributed by atoms with van der Waals surface area (Å²) in [4.78, 5) is 13.8. The Balaban J connectivity index is 2.14. The predicted molar refractivity (Wildman–Crippen MR) is 66.4 cm³/mol. The van der Waals surface area contributed by atoms with Gasteiger partial charge in [-0.3, -0.25) is 4.79 Å². The normalized spacial score (nSPS) is 25.2. The van der Waals surface area contributed by atoms with Gasteiger partial charge in [-0.1, -0.05) is 0 Å². The largest absolute Gasteiger partial charge is 0.354 e. The summed E-state index contributed by atoms with van der Waals surface area (Å²) in [7, 11) is 2.13. The minimum Gasteiger partial charge on any atom is -0.354 e. The van der Waals surface area contributed by atoms with Gasteiger partial charge in [0.2, 0.25) is 5.91 Å². The third kappa shape index (κ3) is 5.16. The first-order valence-corrected chi connectivity index (χ1v) is 6.20. The van der Waals surface area contributed by atoms with Gasteiger partial charge in [0, 0.05) is 18.6 Å². The fourth-order valence-electron chi connectivity index (χ4n) is 2.03. The van der Waals surface area contributed by atoms with Crippen LogP contribution in [0, 0.1) is 11.3 Å². The van der Waals surface area contributed by atoms with Crippen LogP contribution in [-0.4, -0.2) is 49.6 Å². The van der Waals surface area contributed by atoms with Crippen molar-refractivity contribution in [3.63, 3.8) is 0 Å². The Morgan fingerprint density at radius 2 is 2.35 bits per heavy atom. The zero-order chi connectivity index (χ0) is 12.7. The van der Waals surface area contributed by atoms with Gasteiger partial charge in [0.25, 0.3) is 0 Å². The molecule has 2 N–H and O–H groups in total. The molecule has 5 heteroatoms. The van der Waals surface area contributed by atoms with Crippen LogP contribution in [0.1, 0.15) is 26.2 Å². The first-order valence-electron chi connectivity index (χ1n) is 6.20. The summed E-state index contributed by atoms with van der Waals surface area (Å²) < 4.78 is 0. The van der Waals surface area contributed by atoms with E-state index in [9.17, 15) is 4.79 Å². The van der Waals surface area contributed by atoms with Crippen molar-refractivity contribution < 1.29 is 4.79 Å². The zero-order valence-corrected chi connectivity index (χ0v) is 10.7. The lowest BCUT2D eigenvalue weighted by Gasteiger charge is -2.35. The molecular formula is C12H22N4O. The highest BCUT2D eigenvalue weighted by Crippen LogP contribution is 2.14. The van der Waals surface area contributed by atoms with Gasteiger partial charge in [-0.2, -0.15) is 5.26 Å². The highest BCUT2D eigenvalue weighted by Gasteiger charge is 2.22. The Morgan fingerprint density at radius 3 is 3.00 bits per heavy atom. The van der Waals surface area contributed by atoms with Crippen molar-refractivity contribution in [2.24, 2.45) is 0 Å². The number of amides is 1. The van der Waals surface area contributed by atoms with Crippen molar-refractivity contribution in [2.75, 3.05) is 26.7 Å². The lowest BCUT2D eigenvalue weighted by molar-refractivity contribution is -0.120. The summed E-state index contributed by atoms with van der Waals surface area (Å²) in [5, 5.41) is 14.3. The minimum atomic E-state index is -0.0215. The number of nitrogens with one attached hydrogen (secondary N) is 2. The lowest BCUT2D eigenvalue weighted by Crippen LogP contribution is -2.48. The monoisotopic (exact) mass is 238 g/mol. The molecule has 0 bridgehead atoms. The second kappa shape index (κ2) is 7.25. The maximum Gasteiger partial charge on any atom is 0.233 e. The average Bonchev–Trinajstić information content (AvgIpc) is 2.31. The van der Waals surface area contributed by atoms with E-state index >= 15 is 0 Å². The van der Waals surface area contributed by atoms with E-state index in [1.807, 2.05) is 6.07 Å². The number of nitriles is 1. The molecular weight excluding hydrogens is 216 g/mol. The Hall–Kier alpha value is -1.12. The number of piperidine rings is 1. The number of hydrogen-bond donors (Lipinski definition) is 2. The third-order valence-corrected chi connectivity index (χ3v) is 3.32. The standard InChI is InChI=1S/C12H22N4O/c1-10-8-11(4-7-16(10)2)15-9-12(17)14-6-3-5-13/h10-11,15H,3-4,6-9H2,1-2H3,(H,14,17). The number of nitrogens with zero attached hydrogens (tertiary/aromatic N) is 2. The topological polar surface area (TPSA) is 68.2 Å². The van der Waals surface area contributed by atoms with Gasteiger partial charge < -0.3 is 15.5 Å². The molecule has 0 aromatic rings. The highest BCUT2D eigenvalue weighted by atomic mass is 16.1. The fourth-order valence-corrected chi connectivity index (χ4v) is 2.03. The second-order valence-electron chi connectivity index (χ2n) is 4.69. The average molecular weight is 238 g/mol. The van der Waals surface area contributed by atoms with Gasteiger partial charge in [-0.15, -0.1) is 0 Å². The first kappa shape index (κ1) is 13.9.